The molecule has 2 fully saturated rings. The largest absolute Gasteiger partial charge is 0.456 e. The second-order valence-electron chi connectivity index (χ2n) is 6.33. The first-order chi connectivity index (χ1) is 11.7. The van der Waals surface area contributed by atoms with Gasteiger partial charge in [-0.3, -0.25) is 9.78 Å². The smallest absolute Gasteiger partial charge is 0.251 e. The quantitative estimate of drug-likeness (QED) is 0.895. The van der Waals surface area contributed by atoms with E-state index in [0.717, 1.165) is 12.8 Å². The van der Waals surface area contributed by atoms with Gasteiger partial charge in [-0.25, -0.2) is 0 Å². The Morgan fingerprint density at radius 3 is 2.71 bits per heavy atom. The van der Waals surface area contributed by atoms with E-state index in [0.29, 0.717) is 34.2 Å². The standard InChI is InChI=1S/C18H18ClN3O2/c19-12-7-15(10-20-9-12)24-14-4-1-11(2-5-14)18(23)22-17-8-13-3-6-16(17)21-13/h1-2,4-5,7,9-10,13,16-17,21H,3,6,8H2,(H,22,23)/t13-,16+,17-/m1/s1. The Morgan fingerprint density at radius 1 is 1.21 bits per heavy atom. The summed E-state index contributed by atoms with van der Waals surface area (Å²) >= 11 is 5.89. The van der Waals surface area contributed by atoms with E-state index < -0.39 is 0 Å². The van der Waals surface area contributed by atoms with Gasteiger partial charge in [0.15, 0.2) is 0 Å². The van der Waals surface area contributed by atoms with Crippen molar-refractivity contribution in [1.29, 1.82) is 0 Å². The summed E-state index contributed by atoms with van der Waals surface area (Å²) in [5.74, 6) is 1.16. The molecule has 0 radical (unpaired) electrons. The predicted molar refractivity (Wildman–Crippen MR) is 91.6 cm³/mol. The van der Waals surface area contributed by atoms with Gasteiger partial charge in [0, 0.05) is 36.0 Å². The van der Waals surface area contributed by atoms with Gasteiger partial charge in [0.2, 0.25) is 0 Å². The Labute approximate surface area is 145 Å². The Hall–Kier alpha value is -2.11. The van der Waals surface area contributed by atoms with Crippen LogP contribution in [0, 0.1) is 0 Å². The minimum atomic E-state index is -0.0367. The van der Waals surface area contributed by atoms with E-state index in [-0.39, 0.29) is 11.9 Å². The molecule has 4 rings (SSSR count). The third kappa shape index (κ3) is 3.23. The van der Waals surface area contributed by atoms with Gasteiger partial charge in [-0.15, -0.1) is 0 Å². The number of hydrogen-bond acceptors (Lipinski definition) is 4. The van der Waals surface area contributed by atoms with Crippen LogP contribution in [0.1, 0.15) is 29.6 Å². The van der Waals surface area contributed by atoms with E-state index in [1.54, 1.807) is 42.7 Å². The SMILES string of the molecule is O=C(N[C@@H]1C[C@H]2CC[C@@H]1N2)c1ccc(Oc2cncc(Cl)c2)cc1. The number of fused-ring (bicyclic) bond motifs is 2. The molecule has 2 aliphatic heterocycles. The number of aromatic nitrogens is 1. The molecule has 6 heteroatoms. The third-order valence-electron chi connectivity index (χ3n) is 4.65. The van der Waals surface area contributed by atoms with Gasteiger partial charge in [-0.05, 0) is 43.5 Å². The molecule has 2 aromatic rings. The van der Waals surface area contributed by atoms with Crippen molar-refractivity contribution >= 4 is 17.5 Å². The van der Waals surface area contributed by atoms with Crippen LogP contribution in [0.4, 0.5) is 0 Å². The fourth-order valence-electron chi connectivity index (χ4n) is 3.49. The number of ether oxygens (including phenoxy) is 1. The van der Waals surface area contributed by atoms with E-state index in [1.165, 1.54) is 6.42 Å². The predicted octanol–water partition coefficient (Wildman–Crippen LogP) is 3.15. The van der Waals surface area contributed by atoms with Crippen LogP contribution >= 0.6 is 11.6 Å². The molecule has 2 bridgehead atoms. The second kappa shape index (κ2) is 6.42. The highest BCUT2D eigenvalue weighted by Crippen LogP contribution is 2.28. The van der Waals surface area contributed by atoms with Crippen LogP contribution in [0.3, 0.4) is 0 Å². The Morgan fingerprint density at radius 2 is 2.04 bits per heavy atom. The molecule has 1 aromatic carbocycles. The minimum absolute atomic E-state index is 0.0367. The lowest BCUT2D eigenvalue weighted by atomic mass is 9.95. The number of halogens is 1. The zero-order valence-electron chi connectivity index (χ0n) is 13.0. The summed E-state index contributed by atoms with van der Waals surface area (Å²) in [7, 11) is 0. The molecule has 0 unspecified atom stereocenters. The average molecular weight is 344 g/mol. The van der Waals surface area contributed by atoms with Crippen LogP contribution < -0.4 is 15.4 Å². The van der Waals surface area contributed by atoms with Crippen molar-refractivity contribution in [1.82, 2.24) is 15.6 Å². The van der Waals surface area contributed by atoms with E-state index in [2.05, 4.69) is 15.6 Å². The molecule has 1 aromatic heterocycles. The number of benzene rings is 1. The fourth-order valence-corrected chi connectivity index (χ4v) is 3.66. The van der Waals surface area contributed by atoms with Gasteiger partial charge in [-0.1, -0.05) is 11.6 Å². The number of pyridine rings is 1. The molecule has 2 N–H and O–H groups in total. The summed E-state index contributed by atoms with van der Waals surface area (Å²) in [6.45, 7) is 0. The van der Waals surface area contributed by atoms with Crippen molar-refractivity contribution in [3.63, 3.8) is 0 Å². The highest BCUT2D eigenvalue weighted by atomic mass is 35.5. The van der Waals surface area contributed by atoms with Crippen molar-refractivity contribution in [3.8, 4) is 11.5 Å². The summed E-state index contributed by atoms with van der Waals surface area (Å²) in [5, 5.41) is 7.17. The zero-order valence-corrected chi connectivity index (χ0v) is 13.8. The van der Waals surface area contributed by atoms with Crippen molar-refractivity contribution in [2.45, 2.75) is 37.4 Å². The van der Waals surface area contributed by atoms with Crippen LogP contribution in [0.15, 0.2) is 42.7 Å². The fraction of sp³-hybridized carbons (Fsp3) is 0.333. The molecular formula is C18H18ClN3O2. The van der Waals surface area contributed by atoms with Crippen LogP contribution in [0.25, 0.3) is 0 Å². The lowest BCUT2D eigenvalue weighted by molar-refractivity contribution is 0.0931. The number of nitrogens with one attached hydrogen (secondary N) is 2. The highest BCUT2D eigenvalue weighted by Gasteiger charge is 2.39. The van der Waals surface area contributed by atoms with Crippen molar-refractivity contribution in [3.05, 3.63) is 53.3 Å². The summed E-state index contributed by atoms with van der Waals surface area (Å²) < 4.78 is 5.68. The molecule has 3 heterocycles. The Bertz CT molecular complexity index is 750. The maximum Gasteiger partial charge on any atom is 0.251 e. The molecule has 2 aliphatic rings. The van der Waals surface area contributed by atoms with E-state index in [9.17, 15) is 4.79 Å². The van der Waals surface area contributed by atoms with Crippen LogP contribution in [0.5, 0.6) is 11.5 Å². The first kappa shape index (κ1) is 15.4. The maximum absolute atomic E-state index is 12.4. The Kier molecular flexibility index (Phi) is 4.12. The third-order valence-corrected chi connectivity index (χ3v) is 4.86. The lowest BCUT2D eigenvalue weighted by Gasteiger charge is -2.21. The molecular weight excluding hydrogens is 326 g/mol. The van der Waals surface area contributed by atoms with Crippen molar-refractivity contribution in [2.75, 3.05) is 0 Å². The molecule has 5 nitrogen and oxygen atoms in total. The molecule has 24 heavy (non-hydrogen) atoms. The summed E-state index contributed by atoms with van der Waals surface area (Å²) in [5.41, 5.74) is 0.634. The van der Waals surface area contributed by atoms with E-state index in [4.69, 9.17) is 16.3 Å². The second-order valence-corrected chi connectivity index (χ2v) is 6.76. The van der Waals surface area contributed by atoms with Gasteiger partial charge in [0.05, 0.1) is 11.2 Å². The molecule has 124 valence electrons. The van der Waals surface area contributed by atoms with Crippen LogP contribution in [0.2, 0.25) is 5.02 Å². The average Bonchev–Trinajstić information content (AvgIpc) is 3.18. The molecule has 0 spiro atoms. The van der Waals surface area contributed by atoms with E-state index in [1.807, 2.05) is 0 Å². The highest BCUT2D eigenvalue weighted by molar-refractivity contribution is 6.30. The first-order valence-electron chi connectivity index (χ1n) is 8.13. The molecule has 0 saturated carbocycles. The number of carbonyl (C=O) groups is 1. The molecule has 3 atom stereocenters. The molecule has 0 aliphatic carbocycles. The number of hydrogen-bond donors (Lipinski definition) is 2. The number of nitrogens with zero attached hydrogens (tertiary/aromatic N) is 1. The topological polar surface area (TPSA) is 63.2 Å². The van der Waals surface area contributed by atoms with Gasteiger partial charge in [-0.2, -0.15) is 0 Å². The van der Waals surface area contributed by atoms with Crippen LogP contribution in [-0.2, 0) is 0 Å². The number of rotatable bonds is 4. The lowest BCUT2D eigenvalue weighted by Crippen LogP contribution is -2.42. The summed E-state index contributed by atoms with van der Waals surface area (Å²) in [4.78, 5) is 16.4. The maximum atomic E-state index is 12.4. The van der Waals surface area contributed by atoms with Crippen molar-refractivity contribution < 1.29 is 9.53 Å². The number of carbonyl (C=O) groups excluding carboxylic acids is 1. The molecule has 2 saturated heterocycles. The molecule has 1 amide bonds. The normalized spacial score (nSPS) is 24.8. The first-order valence-corrected chi connectivity index (χ1v) is 8.50. The van der Waals surface area contributed by atoms with Crippen molar-refractivity contribution in [2.24, 2.45) is 0 Å². The number of amides is 1. The van der Waals surface area contributed by atoms with Gasteiger partial charge in [0.1, 0.15) is 11.5 Å². The minimum Gasteiger partial charge on any atom is -0.456 e. The van der Waals surface area contributed by atoms with Gasteiger partial charge < -0.3 is 15.4 Å². The van der Waals surface area contributed by atoms with Crippen LogP contribution in [-0.4, -0.2) is 29.0 Å². The van der Waals surface area contributed by atoms with Gasteiger partial charge in [0.25, 0.3) is 5.91 Å². The van der Waals surface area contributed by atoms with Gasteiger partial charge >= 0.3 is 0 Å². The summed E-state index contributed by atoms with van der Waals surface area (Å²) in [6.07, 6.45) is 6.54. The monoisotopic (exact) mass is 343 g/mol. The summed E-state index contributed by atoms with van der Waals surface area (Å²) in [6, 6.07) is 10.0. The zero-order chi connectivity index (χ0) is 16.5. The Balaban J connectivity index is 1.39. The van der Waals surface area contributed by atoms with E-state index >= 15 is 0 Å².